The molecule has 94 valence electrons. The van der Waals surface area contributed by atoms with E-state index in [0.29, 0.717) is 10.6 Å². The first-order valence-corrected chi connectivity index (χ1v) is 6.89. The number of thiophene rings is 1. The molecule has 18 heavy (non-hydrogen) atoms. The van der Waals surface area contributed by atoms with Gasteiger partial charge < -0.3 is 10.6 Å². The molecule has 1 aromatic heterocycles. The molecule has 0 bridgehead atoms. The maximum atomic E-state index is 12.2. The standard InChI is InChI=1S/C13H13ClN2OS/c1-2-15-12-4-3-9(14)7-11(12)13(17)16-10-5-6-18-8-10/h3-8,15H,2H2,1H3,(H,16,17). The minimum atomic E-state index is -0.160. The van der Waals surface area contributed by atoms with Crippen LogP contribution in [0.5, 0.6) is 0 Å². The number of amides is 1. The normalized spacial score (nSPS) is 10.1. The zero-order valence-electron chi connectivity index (χ0n) is 9.87. The van der Waals surface area contributed by atoms with E-state index in [1.54, 1.807) is 12.1 Å². The highest BCUT2D eigenvalue weighted by molar-refractivity contribution is 7.08. The fourth-order valence-electron chi connectivity index (χ4n) is 1.58. The van der Waals surface area contributed by atoms with Crippen LogP contribution in [0.2, 0.25) is 5.02 Å². The van der Waals surface area contributed by atoms with E-state index in [1.807, 2.05) is 29.8 Å². The third kappa shape index (κ3) is 3.03. The van der Waals surface area contributed by atoms with Gasteiger partial charge in [-0.15, -0.1) is 0 Å². The van der Waals surface area contributed by atoms with E-state index in [1.165, 1.54) is 11.3 Å². The van der Waals surface area contributed by atoms with Crippen LogP contribution in [0.15, 0.2) is 35.0 Å². The van der Waals surface area contributed by atoms with Crippen LogP contribution >= 0.6 is 22.9 Å². The molecule has 0 unspecified atom stereocenters. The molecule has 2 aromatic rings. The van der Waals surface area contributed by atoms with Gasteiger partial charge in [0.1, 0.15) is 0 Å². The van der Waals surface area contributed by atoms with Crippen molar-refractivity contribution in [3.63, 3.8) is 0 Å². The molecule has 0 saturated heterocycles. The van der Waals surface area contributed by atoms with Crippen molar-refractivity contribution >= 4 is 40.2 Å². The topological polar surface area (TPSA) is 41.1 Å². The Kier molecular flexibility index (Phi) is 4.23. The molecule has 1 heterocycles. The first-order valence-electron chi connectivity index (χ1n) is 5.57. The molecule has 0 spiro atoms. The largest absolute Gasteiger partial charge is 0.385 e. The second-order valence-electron chi connectivity index (χ2n) is 3.69. The van der Waals surface area contributed by atoms with Crippen molar-refractivity contribution in [3.05, 3.63) is 45.6 Å². The maximum Gasteiger partial charge on any atom is 0.257 e. The number of hydrogen-bond donors (Lipinski definition) is 2. The summed E-state index contributed by atoms with van der Waals surface area (Å²) in [6.45, 7) is 2.73. The quantitative estimate of drug-likeness (QED) is 0.886. The van der Waals surface area contributed by atoms with Gasteiger partial charge in [-0.05, 0) is 36.6 Å². The highest BCUT2D eigenvalue weighted by Crippen LogP contribution is 2.22. The Hall–Kier alpha value is -1.52. The summed E-state index contributed by atoms with van der Waals surface area (Å²) in [6.07, 6.45) is 0. The average molecular weight is 281 g/mol. The van der Waals surface area contributed by atoms with Crippen molar-refractivity contribution < 1.29 is 4.79 Å². The van der Waals surface area contributed by atoms with Gasteiger partial charge >= 0.3 is 0 Å². The zero-order chi connectivity index (χ0) is 13.0. The highest BCUT2D eigenvalue weighted by atomic mass is 35.5. The van der Waals surface area contributed by atoms with E-state index in [0.717, 1.165) is 17.9 Å². The van der Waals surface area contributed by atoms with Gasteiger partial charge in [0.25, 0.3) is 5.91 Å². The van der Waals surface area contributed by atoms with Crippen LogP contribution in [-0.2, 0) is 0 Å². The fraction of sp³-hybridized carbons (Fsp3) is 0.154. The van der Waals surface area contributed by atoms with Gasteiger partial charge in [0.05, 0.1) is 11.3 Å². The van der Waals surface area contributed by atoms with Crippen molar-refractivity contribution in [1.82, 2.24) is 0 Å². The van der Waals surface area contributed by atoms with Crippen molar-refractivity contribution in [3.8, 4) is 0 Å². The number of rotatable bonds is 4. The average Bonchev–Trinajstić information content (AvgIpc) is 2.84. The number of hydrogen-bond acceptors (Lipinski definition) is 3. The molecule has 0 aliphatic heterocycles. The number of anilines is 2. The van der Waals surface area contributed by atoms with E-state index >= 15 is 0 Å². The molecule has 5 heteroatoms. The van der Waals surface area contributed by atoms with Gasteiger partial charge in [-0.25, -0.2) is 0 Å². The number of carbonyl (C=O) groups excluding carboxylic acids is 1. The Morgan fingerprint density at radius 3 is 2.89 bits per heavy atom. The Morgan fingerprint density at radius 1 is 1.39 bits per heavy atom. The van der Waals surface area contributed by atoms with Gasteiger partial charge in [-0.3, -0.25) is 4.79 Å². The smallest absolute Gasteiger partial charge is 0.257 e. The number of nitrogens with one attached hydrogen (secondary N) is 2. The van der Waals surface area contributed by atoms with Crippen LogP contribution in [0.4, 0.5) is 11.4 Å². The summed E-state index contributed by atoms with van der Waals surface area (Å²) in [5.41, 5.74) is 2.14. The van der Waals surface area contributed by atoms with Crippen molar-refractivity contribution in [2.45, 2.75) is 6.92 Å². The molecule has 0 aliphatic carbocycles. The van der Waals surface area contributed by atoms with Gasteiger partial charge in [0.15, 0.2) is 0 Å². The SMILES string of the molecule is CCNc1ccc(Cl)cc1C(=O)Nc1ccsc1. The van der Waals surface area contributed by atoms with Crippen LogP contribution in [0.3, 0.4) is 0 Å². The molecule has 0 radical (unpaired) electrons. The molecule has 2 N–H and O–H groups in total. The highest BCUT2D eigenvalue weighted by Gasteiger charge is 2.12. The third-order valence-corrected chi connectivity index (χ3v) is 3.29. The second-order valence-corrected chi connectivity index (χ2v) is 4.90. The van der Waals surface area contributed by atoms with Crippen molar-refractivity contribution in [2.75, 3.05) is 17.2 Å². The second kappa shape index (κ2) is 5.89. The van der Waals surface area contributed by atoms with Gasteiger partial charge in [0.2, 0.25) is 0 Å². The van der Waals surface area contributed by atoms with Crippen LogP contribution in [0, 0.1) is 0 Å². The summed E-state index contributed by atoms with van der Waals surface area (Å²) in [5, 5.41) is 10.3. The van der Waals surface area contributed by atoms with Crippen molar-refractivity contribution in [2.24, 2.45) is 0 Å². The molecule has 0 saturated carbocycles. The Balaban J connectivity index is 2.25. The molecule has 1 amide bonds. The first-order chi connectivity index (χ1) is 8.70. The van der Waals surface area contributed by atoms with E-state index in [4.69, 9.17) is 11.6 Å². The molecule has 1 aromatic carbocycles. The zero-order valence-corrected chi connectivity index (χ0v) is 11.4. The maximum absolute atomic E-state index is 12.2. The summed E-state index contributed by atoms with van der Waals surface area (Å²) in [4.78, 5) is 12.2. The lowest BCUT2D eigenvalue weighted by Crippen LogP contribution is -2.14. The fourth-order valence-corrected chi connectivity index (χ4v) is 2.34. The van der Waals surface area contributed by atoms with Crippen LogP contribution in [0.1, 0.15) is 17.3 Å². The Bertz CT molecular complexity index is 540. The molecule has 2 rings (SSSR count). The summed E-state index contributed by atoms with van der Waals surface area (Å²) in [6, 6.07) is 7.11. The number of halogens is 1. The number of benzene rings is 1. The summed E-state index contributed by atoms with van der Waals surface area (Å²) in [7, 11) is 0. The molecule has 0 atom stereocenters. The van der Waals surface area contributed by atoms with Gasteiger partial charge in [-0.2, -0.15) is 11.3 Å². The van der Waals surface area contributed by atoms with Crippen molar-refractivity contribution in [1.29, 1.82) is 0 Å². The predicted molar refractivity (Wildman–Crippen MR) is 77.9 cm³/mol. The Morgan fingerprint density at radius 2 is 2.22 bits per heavy atom. The Labute approximate surface area is 115 Å². The van der Waals surface area contributed by atoms with E-state index in [2.05, 4.69) is 10.6 Å². The van der Waals surface area contributed by atoms with E-state index in [9.17, 15) is 4.79 Å². The predicted octanol–water partition coefficient (Wildman–Crippen LogP) is 4.09. The molecule has 0 aliphatic rings. The summed E-state index contributed by atoms with van der Waals surface area (Å²) in [5.74, 6) is -0.160. The van der Waals surface area contributed by atoms with Crippen LogP contribution < -0.4 is 10.6 Å². The lowest BCUT2D eigenvalue weighted by molar-refractivity contribution is 0.102. The minimum absolute atomic E-state index is 0.160. The van der Waals surface area contributed by atoms with Gasteiger partial charge in [0, 0.05) is 22.6 Å². The summed E-state index contributed by atoms with van der Waals surface area (Å²) >= 11 is 7.48. The van der Waals surface area contributed by atoms with Crippen LogP contribution in [-0.4, -0.2) is 12.5 Å². The summed E-state index contributed by atoms with van der Waals surface area (Å²) < 4.78 is 0. The van der Waals surface area contributed by atoms with Gasteiger partial charge in [-0.1, -0.05) is 11.6 Å². The third-order valence-electron chi connectivity index (χ3n) is 2.37. The van der Waals surface area contributed by atoms with Crippen LogP contribution in [0.25, 0.3) is 0 Å². The van der Waals surface area contributed by atoms with E-state index < -0.39 is 0 Å². The first kappa shape index (κ1) is 12.9. The monoisotopic (exact) mass is 280 g/mol. The molecular formula is C13H13ClN2OS. The number of carbonyl (C=O) groups is 1. The molecular weight excluding hydrogens is 268 g/mol. The lowest BCUT2D eigenvalue weighted by atomic mass is 10.1. The minimum Gasteiger partial charge on any atom is -0.385 e. The molecule has 0 fully saturated rings. The lowest BCUT2D eigenvalue weighted by Gasteiger charge is -2.10. The van der Waals surface area contributed by atoms with E-state index in [-0.39, 0.29) is 5.91 Å². The molecule has 3 nitrogen and oxygen atoms in total.